The van der Waals surface area contributed by atoms with Gasteiger partial charge in [0.25, 0.3) is 0 Å². The Morgan fingerprint density at radius 2 is 1.85 bits per heavy atom. The van der Waals surface area contributed by atoms with Gasteiger partial charge in [-0.05, 0) is 34.5 Å². The molecule has 0 bridgehead atoms. The highest BCUT2D eigenvalue weighted by Crippen LogP contribution is 2.28. The lowest BCUT2D eigenvalue weighted by molar-refractivity contribution is 0.632. The monoisotopic (exact) mass is 262 g/mol. The Kier molecular flexibility index (Phi) is 3.75. The smallest absolute Gasteiger partial charge is 0.0598 e. The van der Waals surface area contributed by atoms with Gasteiger partial charge in [-0.2, -0.15) is 0 Å². The maximum Gasteiger partial charge on any atom is 0.0598 e. The summed E-state index contributed by atoms with van der Waals surface area (Å²) in [5.74, 6) is 0. The second-order valence-corrected chi connectivity index (χ2v) is 4.85. The van der Waals surface area contributed by atoms with E-state index in [1.807, 2.05) is 18.5 Å². The fraction of sp³-hybridized carbons (Fsp3) is 0.167. The molecule has 0 spiro atoms. The summed E-state index contributed by atoms with van der Waals surface area (Å²) >= 11 is 0. The molecule has 1 heterocycles. The number of hydrogen-bond donors (Lipinski definition) is 1. The molecule has 20 heavy (non-hydrogen) atoms. The fourth-order valence-electron chi connectivity index (χ4n) is 2.66. The van der Waals surface area contributed by atoms with Crippen LogP contribution in [0.2, 0.25) is 0 Å². The minimum atomic E-state index is 0.180. The van der Waals surface area contributed by atoms with Gasteiger partial charge in [-0.3, -0.25) is 4.98 Å². The van der Waals surface area contributed by atoms with E-state index < -0.39 is 0 Å². The first-order valence-corrected chi connectivity index (χ1v) is 7.01. The molecule has 0 aliphatic rings. The molecular formula is C18H18N2. The molecule has 100 valence electrons. The number of pyridine rings is 1. The third-order valence-electron chi connectivity index (χ3n) is 3.56. The molecule has 0 aliphatic heterocycles. The van der Waals surface area contributed by atoms with Crippen LogP contribution in [0.5, 0.6) is 0 Å². The molecule has 0 saturated heterocycles. The SMILES string of the molecule is CCNC(c1cccnc1)c1cccc2ccccc12. The minimum Gasteiger partial charge on any atom is -0.306 e. The molecular weight excluding hydrogens is 244 g/mol. The van der Waals surface area contributed by atoms with E-state index in [2.05, 4.69) is 65.8 Å². The van der Waals surface area contributed by atoms with Gasteiger partial charge in [0.2, 0.25) is 0 Å². The Morgan fingerprint density at radius 3 is 2.65 bits per heavy atom. The van der Waals surface area contributed by atoms with E-state index in [9.17, 15) is 0 Å². The Balaban J connectivity index is 2.15. The number of benzene rings is 2. The summed E-state index contributed by atoms with van der Waals surface area (Å²) in [6, 6.07) is 19.3. The van der Waals surface area contributed by atoms with Crippen LogP contribution in [0.15, 0.2) is 67.0 Å². The van der Waals surface area contributed by atoms with E-state index in [0.717, 1.165) is 6.54 Å². The molecule has 1 unspecified atom stereocenters. The first-order valence-electron chi connectivity index (χ1n) is 7.01. The lowest BCUT2D eigenvalue weighted by Crippen LogP contribution is -2.22. The zero-order chi connectivity index (χ0) is 13.8. The molecule has 0 fully saturated rings. The van der Waals surface area contributed by atoms with Crippen molar-refractivity contribution in [1.29, 1.82) is 0 Å². The third kappa shape index (κ3) is 2.43. The Bertz CT molecular complexity index is 687. The van der Waals surface area contributed by atoms with E-state index >= 15 is 0 Å². The summed E-state index contributed by atoms with van der Waals surface area (Å²) in [5, 5.41) is 6.14. The largest absolute Gasteiger partial charge is 0.306 e. The number of nitrogens with zero attached hydrogens (tertiary/aromatic N) is 1. The number of rotatable bonds is 4. The Hall–Kier alpha value is -2.19. The normalized spacial score (nSPS) is 12.4. The lowest BCUT2D eigenvalue weighted by Gasteiger charge is -2.20. The second kappa shape index (κ2) is 5.85. The van der Waals surface area contributed by atoms with Crippen LogP contribution >= 0.6 is 0 Å². The van der Waals surface area contributed by atoms with Gasteiger partial charge in [-0.15, -0.1) is 0 Å². The van der Waals surface area contributed by atoms with Crippen molar-refractivity contribution >= 4 is 10.8 Å². The van der Waals surface area contributed by atoms with Gasteiger partial charge in [-0.25, -0.2) is 0 Å². The molecule has 2 heteroatoms. The van der Waals surface area contributed by atoms with Gasteiger partial charge in [0.15, 0.2) is 0 Å². The van der Waals surface area contributed by atoms with Crippen LogP contribution in [0.1, 0.15) is 24.1 Å². The van der Waals surface area contributed by atoms with Crippen molar-refractivity contribution in [3.63, 3.8) is 0 Å². The van der Waals surface area contributed by atoms with Crippen LogP contribution in [-0.2, 0) is 0 Å². The average Bonchev–Trinajstić information content (AvgIpc) is 2.53. The first kappa shape index (κ1) is 12.8. The van der Waals surface area contributed by atoms with Gasteiger partial charge < -0.3 is 5.32 Å². The number of aromatic nitrogens is 1. The predicted octanol–water partition coefficient (Wildman–Crippen LogP) is 3.93. The van der Waals surface area contributed by atoms with Crippen molar-refractivity contribution in [3.8, 4) is 0 Å². The van der Waals surface area contributed by atoms with Crippen LogP contribution in [0.4, 0.5) is 0 Å². The molecule has 3 aromatic rings. The highest BCUT2D eigenvalue weighted by molar-refractivity contribution is 5.86. The fourth-order valence-corrected chi connectivity index (χ4v) is 2.66. The second-order valence-electron chi connectivity index (χ2n) is 4.85. The topological polar surface area (TPSA) is 24.9 Å². The van der Waals surface area contributed by atoms with E-state index in [1.54, 1.807) is 0 Å². The third-order valence-corrected chi connectivity index (χ3v) is 3.56. The van der Waals surface area contributed by atoms with Crippen molar-refractivity contribution in [2.45, 2.75) is 13.0 Å². The summed E-state index contributed by atoms with van der Waals surface area (Å²) < 4.78 is 0. The summed E-state index contributed by atoms with van der Waals surface area (Å²) in [6.07, 6.45) is 3.75. The first-order chi connectivity index (χ1) is 9.90. The number of hydrogen-bond acceptors (Lipinski definition) is 2. The van der Waals surface area contributed by atoms with Gasteiger partial charge in [-0.1, -0.05) is 55.5 Å². The van der Waals surface area contributed by atoms with Crippen molar-refractivity contribution < 1.29 is 0 Å². The molecule has 2 aromatic carbocycles. The van der Waals surface area contributed by atoms with Crippen LogP contribution in [-0.4, -0.2) is 11.5 Å². The Morgan fingerprint density at radius 1 is 1.00 bits per heavy atom. The molecule has 0 amide bonds. The van der Waals surface area contributed by atoms with E-state index in [4.69, 9.17) is 0 Å². The highest BCUT2D eigenvalue weighted by Gasteiger charge is 2.15. The number of fused-ring (bicyclic) bond motifs is 1. The molecule has 2 nitrogen and oxygen atoms in total. The summed E-state index contributed by atoms with van der Waals surface area (Å²) in [7, 11) is 0. The van der Waals surface area contributed by atoms with Gasteiger partial charge in [0, 0.05) is 12.4 Å². The zero-order valence-electron chi connectivity index (χ0n) is 11.6. The lowest BCUT2D eigenvalue weighted by atomic mass is 9.94. The molecule has 3 rings (SSSR count). The molecule has 0 aliphatic carbocycles. The predicted molar refractivity (Wildman–Crippen MR) is 83.7 cm³/mol. The van der Waals surface area contributed by atoms with Crippen molar-refractivity contribution in [1.82, 2.24) is 10.3 Å². The minimum absolute atomic E-state index is 0.180. The molecule has 0 radical (unpaired) electrons. The van der Waals surface area contributed by atoms with E-state index in [0.29, 0.717) is 0 Å². The maximum absolute atomic E-state index is 4.25. The van der Waals surface area contributed by atoms with Crippen molar-refractivity contribution in [2.24, 2.45) is 0 Å². The standard InChI is InChI=1S/C18H18N2/c1-2-20-18(15-9-6-12-19-13-15)17-11-5-8-14-7-3-4-10-16(14)17/h3-13,18,20H,2H2,1H3. The Labute approximate surface area is 119 Å². The van der Waals surface area contributed by atoms with E-state index in [-0.39, 0.29) is 6.04 Å². The van der Waals surface area contributed by atoms with Crippen LogP contribution in [0.25, 0.3) is 10.8 Å². The summed E-state index contributed by atoms with van der Waals surface area (Å²) in [5.41, 5.74) is 2.50. The van der Waals surface area contributed by atoms with Crippen LogP contribution in [0.3, 0.4) is 0 Å². The van der Waals surface area contributed by atoms with Crippen molar-refractivity contribution in [2.75, 3.05) is 6.54 Å². The molecule has 1 N–H and O–H groups in total. The van der Waals surface area contributed by atoms with E-state index in [1.165, 1.54) is 21.9 Å². The maximum atomic E-state index is 4.25. The van der Waals surface area contributed by atoms with Gasteiger partial charge >= 0.3 is 0 Å². The zero-order valence-corrected chi connectivity index (χ0v) is 11.6. The quantitative estimate of drug-likeness (QED) is 0.770. The summed E-state index contributed by atoms with van der Waals surface area (Å²) in [4.78, 5) is 4.25. The average molecular weight is 262 g/mol. The molecule has 1 aromatic heterocycles. The van der Waals surface area contributed by atoms with Crippen molar-refractivity contribution in [3.05, 3.63) is 78.1 Å². The summed E-state index contributed by atoms with van der Waals surface area (Å²) in [6.45, 7) is 3.05. The van der Waals surface area contributed by atoms with Gasteiger partial charge in [0.1, 0.15) is 0 Å². The van der Waals surface area contributed by atoms with Gasteiger partial charge in [0.05, 0.1) is 6.04 Å². The molecule has 0 saturated carbocycles. The highest BCUT2D eigenvalue weighted by atomic mass is 14.9. The molecule has 1 atom stereocenters. The number of nitrogens with one attached hydrogen (secondary N) is 1. The van der Waals surface area contributed by atoms with Crippen LogP contribution < -0.4 is 5.32 Å². The van der Waals surface area contributed by atoms with Crippen LogP contribution in [0, 0.1) is 0 Å².